The lowest BCUT2D eigenvalue weighted by Gasteiger charge is -2.38. The molecule has 0 radical (unpaired) electrons. The van der Waals surface area contributed by atoms with Crippen molar-refractivity contribution < 1.29 is 4.74 Å². The SMILES string of the molecule is COc1ccccc1CN=C(N)NCC1CC2C=CC1CC2. The molecule has 1 fully saturated rings. The predicted octanol–water partition coefficient (Wildman–Crippen LogP) is 2.70. The first kappa shape index (κ1) is 14.9. The molecule has 0 spiro atoms. The van der Waals surface area contributed by atoms with Gasteiger partial charge in [0.25, 0.3) is 0 Å². The molecule has 4 heteroatoms. The maximum absolute atomic E-state index is 6.01. The molecule has 4 nitrogen and oxygen atoms in total. The molecular weight excluding hydrogens is 274 g/mol. The van der Waals surface area contributed by atoms with Gasteiger partial charge in [0.05, 0.1) is 13.7 Å². The van der Waals surface area contributed by atoms with Gasteiger partial charge in [-0.1, -0.05) is 30.4 Å². The van der Waals surface area contributed by atoms with Crippen LogP contribution < -0.4 is 15.8 Å². The summed E-state index contributed by atoms with van der Waals surface area (Å²) in [5, 5.41) is 3.30. The van der Waals surface area contributed by atoms with Crippen LogP contribution in [0.4, 0.5) is 0 Å². The number of nitrogens with zero attached hydrogens (tertiary/aromatic N) is 1. The van der Waals surface area contributed by atoms with Crippen LogP contribution in [-0.4, -0.2) is 19.6 Å². The highest BCUT2D eigenvalue weighted by molar-refractivity contribution is 5.77. The molecule has 1 aromatic rings. The zero-order valence-electron chi connectivity index (χ0n) is 13.2. The Hall–Kier alpha value is -1.97. The number of methoxy groups -OCH3 is 1. The van der Waals surface area contributed by atoms with Crippen LogP contribution in [0, 0.1) is 17.8 Å². The number of hydrogen-bond donors (Lipinski definition) is 2. The topological polar surface area (TPSA) is 59.6 Å². The van der Waals surface area contributed by atoms with Crippen molar-refractivity contribution >= 4 is 5.96 Å². The Kier molecular flexibility index (Phi) is 4.66. The van der Waals surface area contributed by atoms with E-state index in [-0.39, 0.29) is 0 Å². The van der Waals surface area contributed by atoms with Crippen molar-refractivity contribution in [3.05, 3.63) is 42.0 Å². The average Bonchev–Trinajstić information content (AvgIpc) is 2.59. The van der Waals surface area contributed by atoms with E-state index < -0.39 is 0 Å². The molecule has 0 amide bonds. The molecule has 3 atom stereocenters. The fourth-order valence-corrected chi connectivity index (χ4v) is 3.58. The van der Waals surface area contributed by atoms with Gasteiger partial charge in [-0.25, -0.2) is 4.99 Å². The summed E-state index contributed by atoms with van der Waals surface area (Å²) in [6, 6.07) is 7.90. The third-order valence-corrected chi connectivity index (χ3v) is 4.87. The molecular formula is C18H25N3O. The number of ether oxygens (including phenoxy) is 1. The summed E-state index contributed by atoms with van der Waals surface area (Å²) in [7, 11) is 1.68. The first-order chi connectivity index (χ1) is 10.8. The maximum atomic E-state index is 6.01. The van der Waals surface area contributed by atoms with E-state index in [1.807, 2.05) is 24.3 Å². The van der Waals surface area contributed by atoms with E-state index in [4.69, 9.17) is 10.5 Å². The summed E-state index contributed by atoms with van der Waals surface area (Å²) in [4.78, 5) is 4.43. The lowest BCUT2D eigenvalue weighted by Crippen LogP contribution is -2.40. The van der Waals surface area contributed by atoms with E-state index in [9.17, 15) is 0 Å². The molecule has 3 aliphatic carbocycles. The molecule has 1 saturated carbocycles. The highest BCUT2D eigenvalue weighted by atomic mass is 16.5. The quantitative estimate of drug-likeness (QED) is 0.499. The summed E-state index contributed by atoms with van der Waals surface area (Å²) < 4.78 is 5.33. The van der Waals surface area contributed by atoms with E-state index in [0.717, 1.165) is 29.7 Å². The number of para-hydroxylation sites is 1. The second-order valence-electron chi connectivity index (χ2n) is 6.28. The third-order valence-electron chi connectivity index (χ3n) is 4.87. The van der Waals surface area contributed by atoms with Crippen molar-refractivity contribution in [2.24, 2.45) is 28.5 Å². The molecule has 4 rings (SSSR count). The Morgan fingerprint density at radius 2 is 2.18 bits per heavy atom. The Bertz CT molecular complexity index is 567. The molecule has 0 aliphatic heterocycles. The molecule has 3 N–H and O–H groups in total. The first-order valence-electron chi connectivity index (χ1n) is 8.10. The van der Waals surface area contributed by atoms with Gasteiger partial charge in [-0.05, 0) is 43.1 Å². The number of benzene rings is 1. The van der Waals surface area contributed by atoms with E-state index in [2.05, 4.69) is 22.5 Å². The van der Waals surface area contributed by atoms with E-state index >= 15 is 0 Å². The van der Waals surface area contributed by atoms with Gasteiger partial charge >= 0.3 is 0 Å². The van der Waals surface area contributed by atoms with Gasteiger partial charge in [0.2, 0.25) is 0 Å². The third kappa shape index (κ3) is 3.43. The van der Waals surface area contributed by atoms with Crippen molar-refractivity contribution in [3.63, 3.8) is 0 Å². The number of nitrogens with two attached hydrogens (primary N) is 1. The van der Waals surface area contributed by atoms with Crippen molar-refractivity contribution in [1.82, 2.24) is 5.32 Å². The van der Waals surface area contributed by atoms with Crippen LogP contribution in [0.1, 0.15) is 24.8 Å². The first-order valence-corrected chi connectivity index (χ1v) is 8.10. The second-order valence-corrected chi connectivity index (χ2v) is 6.28. The van der Waals surface area contributed by atoms with Gasteiger partial charge in [0.1, 0.15) is 5.75 Å². The molecule has 118 valence electrons. The van der Waals surface area contributed by atoms with Crippen molar-refractivity contribution in [3.8, 4) is 5.75 Å². The lowest BCUT2D eigenvalue weighted by molar-refractivity contribution is 0.221. The molecule has 0 saturated heterocycles. The Morgan fingerprint density at radius 1 is 1.32 bits per heavy atom. The minimum Gasteiger partial charge on any atom is -0.496 e. The van der Waals surface area contributed by atoms with Crippen molar-refractivity contribution in [2.45, 2.75) is 25.8 Å². The smallest absolute Gasteiger partial charge is 0.188 e. The summed E-state index contributed by atoms with van der Waals surface area (Å²) in [5.41, 5.74) is 7.06. The van der Waals surface area contributed by atoms with Crippen LogP contribution in [-0.2, 0) is 6.54 Å². The standard InChI is InChI=1S/C18H25N3O/c1-22-17-5-3-2-4-15(17)11-20-18(19)21-12-16-10-13-6-8-14(16)9-7-13/h2-6,8,13-14,16H,7,9-12H2,1H3,(H3,19,20,21). The van der Waals surface area contributed by atoms with Crippen LogP contribution in [0.25, 0.3) is 0 Å². The number of fused-ring (bicyclic) bond motifs is 2. The van der Waals surface area contributed by atoms with Crippen LogP contribution >= 0.6 is 0 Å². The number of rotatable bonds is 5. The van der Waals surface area contributed by atoms with Gasteiger partial charge in [-0.15, -0.1) is 0 Å². The minimum absolute atomic E-state index is 0.524. The summed E-state index contributed by atoms with van der Waals surface area (Å²) in [6.45, 7) is 1.46. The molecule has 0 heterocycles. The van der Waals surface area contributed by atoms with Gasteiger partial charge in [0.15, 0.2) is 5.96 Å². The molecule has 1 aromatic carbocycles. The molecule has 3 aliphatic rings. The number of hydrogen-bond acceptors (Lipinski definition) is 2. The average molecular weight is 299 g/mol. The molecule has 0 aromatic heterocycles. The summed E-state index contributed by atoms with van der Waals surface area (Å²) >= 11 is 0. The highest BCUT2D eigenvalue weighted by Gasteiger charge is 2.31. The van der Waals surface area contributed by atoms with E-state index in [1.54, 1.807) is 7.11 Å². The van der Waals surface area contributed by atoms with Crippen molar-refractivity contribution in [1.29, 1.82) is 0 Å². The van der Waals surface area contributed by atoms with Crippen LogP contribution in [0.15, 0.2) is 41.4 Å². The number of guanidine groups is 1. The second kappa shape index (κ2) is 6.86. The number of aliphatic imine (C=N–C) groups is 1. The maximum Gasteiger partial charge on any atom is 0.188 e. The van der Waals surface area contributed by atoms with Crippen molar-refractivity contribution in [2.75, 3.05) is 13.7 Å². The van der Waals surface area contributed by atoms with E-state index in [0.29, 0.717) is 18.4 Å². The highest BCUT2D eigenvalue weighted by Crippen LogP contribution is 2.39. The van der Waals surface area contributed by atoms with Gasteiger partial charge in [0, 0.05) is 12.1 Å². The Labute approximate surface area is 132 Å². The molecule has 22 heavy (non-hydrogen) atoms. The normalized spacial score (nSPS) is 27.0. The fourth-order valence-electron chi connectivity index (χ4n) is 3.58. The van der Waals surface area contributed by atoms with Gasteiger partial charge in [-0.3, -0.25) is 0 Å². The number of allylic oxidation sites excluding steroid dienone is 2. The minimum atomic E-state index is 0.524. The molecule has 2 bridgehead atoms. The summed E-state index contributed by atoms with van der Waals surface area (Å²) in [5.74, 6) is 3.58. The largest absolute Gasteiger partial charge is 0.496 e. The molecule has 3 unspecified atom stereocenters. The predicted molar refractivity (Wildman–Crippen MR) is 89.8 cm³/mol. The monoisotopic (exact) mass is 299 g/mol. The Balaban J connectivity index is 1.51. The Morgan fingerprint density at radius 3 is 2.86 bits per heavy atom. The van der Waals surface area contributed by atoms with Gasteiger partial charge in [-0.2, -0.15) is 0 Å². The zero-order chi connectivity index (χ0) is 15.4. The van der Waals surface area contributed by atoms with Gasteiger partial charge < -0.3 is 15.8 Å². The lowest BCUT2D eigenvalue weighted by atomic mass is 9.69. The van der Waals surface area contributed by atoms with E-state index in [1.165, 1.54) is 19.3 Å². The number of nitrogens with one attached hydrogen (secondary N) is 1. The summed E-state index contributed by atoms with van der Waals surface area (Å²) in [6.07, 6.45) is 8.75. The van der Waals surface area contributed by atoms with Crippen LogP contribution in [0.5, 0.6) is 5.75 Å². The van der Waals surface area contributed by atoms with Crippen LogP contribution in [0.2, 0.25) is 0 Å². The van der Waals surface area contributed by atoms with Crippen LogP contribution in [0.3, 0.4) is 0 Å². The fraction of sp³-hybridized carbons (Fsp3) is 0.500. The zero-order valence-corrected chi connectivity index (χ0v) is 13.2.